The molecule has 2 heterocycles. The third-order valence-electron chi connectivity index (χ3n) is 2.07. The minimum Gasteiger partial charge on any atom is -0.450 e. The van der Waals surface area contributed by atoms with E-state index in [-0.39, 0.29) is 19.2 Å². The number of aromatic nitrogens is 3. The van der Waals surface area contributed by atoms with Gasteiger partial charge in [-0.3, -0.25) is 5.32 Å². The number of rotatable bonds is 3. The zero-order chi connectivity index (χ0) is 12.3. The van der Waals surface area contributed by atoms with Crippen LogP contribution in [0.4, 0.5) is 10.7 Å². The Labute approximate surface area is 97.0 Å². The van der Waals surface area contributed by atoms with Gasteiger partial charge in [-0.05, 0) is 24.6 Å². The van der Waals surface area contributed by atoms with Crippen LogP contribution >= 0.6 is 0 Å². The van der Waals surface area contributed by atoms with E-state index in [4.69, 9.17) is 9.84 Å². The first kappa shape index (κ1) is 11.3. The van der Waals surface area contributed by atoms with Crippen LogP contribution in [0.5, 0.6) is 0 Å². The Morgan fingerprint density at radius 2 is 2.47 bits per heavy atom. The van der Waals surface area contributed by atoms with E-state index in [2.05, 4.69) is 15.4 Å². The maximum atomic E-state index is 11.1. The fourth-order valence-corrected chi connectivity index (χ4v) is 1.33. The normalized spacial score (nSPS) is 10.5. The molecule has 0 aliphatic carbocycles. The highest BCUT2D eigenvalue weighted by Crippen LogP contribution is 2.08. The lowest BCUT2D eigenvalue weighted by atomic mass is 10.3. The summed E-state index contributed by atoms with van der Waals surface area (Å²) >= 11 is 0. The lowest BCUT2D eigenvalue weighted by Gasteiger charge is -1.98. The van der Waals surface area contributed by atoms with Gasteiger partial charge in [0.05, 0.1) is 13.2 Å². The molecule has 2 aromatic rings. The Morgan fingerprint density at radius 3 is 3.18 bits per heavy atom. The second-order valence-corrected chi connectivity index (χ2v) is 3.28. The van der Waals surface area contributed by atoms with Crippen LogP contribution in [-0.2, 0) is 11.3 Å². The van der Waals surface area contributed by atoms with Crippen molar-refractivity contribution in [2.24, 2.45) is 0 Å². The van der Waals surface area contributed by atoms with Gasteiger partial charge in [0, 0.05) is 6.20 Å². The number of hydrogen-bond donors (Lipinski definition) is 2. The van der Waals surface area contributed by atoms with E-state index in [0.29, 0.717) is 5.65 Å². The Kier molecular flexibility index (Phi) is 3.20. The number of aliphatic hydroxyl groups is 1. The highest BCUT2D eigenvalue weighted by molar-refractivity contribution is 5.82. The summed E-state index contributed by atoms with van der Waals surface area (Å²) in [4.78, 5) is 15.2. The van der Waals surface area contributed by atoms with Gasteiger partial charge in [-0.2, -0.15) is 4.98 Å². The van der Waals surface area contributed by atoms with E-state index >= 15 is 0 Å². The third kappa shape index (κ3) is 2.51. The molecule has 90 valence electrons. The molecule has 0 aromatic carbocycles. The van der Waals surface area contributed by atoms with Crippen molar-refractivity contribution in [1.29, 1.82) is 0 Å². The van der Waals surface area contributed by atoms with Crippen LogP contribution in [0.1, 0.15) is 12.5 Å². The molecule has 0 fully saturated rings. The van der Waals surface area contributed by atoms with Gasteiger partial charge in [-0.25, -0.2) is 9.31 Å². The Morgan fingerprint density at radius 1 is 1.65 bits per heavy atom. The van der Waals surface area contributed by atoms with E-state index in [0.717, 1.165) is 5.56 Å². The molecule has 0 radical (unpaired) electrons. The van der Waals surface area contributed by atoms with Gasteiger partial charge in [0.15, 0.2) is 5.65 Å². The quantitative estimate of drug-likeness (QED) is 0.822. The number of nitrogens with one attached hydrogen (secondary N) is 1. The van der Waals surface area contributed by atoms with E-state index in [9.17, 15) is 4.79 Å². The van der Waals surface area contributed by atoms with Crippen molar-refractivity contribution in [3.8, 4) is 0 Å². The van der Waals surface area contributed by atoms with Gasteiger partial charge in [-0.15, -0.1) is 5.10 Å². The van der Waals surface area contributed by atoms with Crippen molar-refractivity contribution in [3.05, 3.63) is 23.9 Å². The summed E-state index contributed by atoms with van der Waals surface area (Å²) in [6.45, 7) is 1.93. The summed E-state index contributed by atoms with van der Waals surface area (Å²) in [5.41, 5.74) is 1.27. The second-order valence-electron chi connectivity index (χ2n) is 3.28. The molecule has 0 unspecified atom stereocenters. The average molecular weight is 236 g/mol. The van der Waals surface area contributed by atoms with E-state index in [1.54, 1.807) is 25.3 Å². The molecule has 0 atom stereocenters. The number of hydrogen-bond acceptors (Lipinski definition) is 5. The summed E-state index contributed by atoms with van der Waals surface area (Å²) in [6.07, 6.45) is 1.07. The molecule has 0 aliphatic heterocycles. The molecule has 17 heavy (non-hydrogen) atoms. The van der Waals surface area contributed by atoms with E-state index in [1.807, 2.05) is 0 Å². The first-order valence-corrected chi connectivity index (χ1v) is 5.13. The zero-order valence-electron chi connectivity index (χ0n) is 9.25. The summed E-state index contributed by atoms with van der Waals surface area (Å²) in [5, 5.41) is 15.4. The summed E-state index contributed by atoms with van der Waals surface area (Å²) < 4.78 is 6.21. The number of ether oxygens (including phenoxy) is 1. The molecule has 7 nitrogen and oxygen atoms in total. The highest BCUT2D eigenvalue weighted by atomic mass is 16.5. The van der Waals surface area contributed by atoms with Gasteiger partial charge < -0.3 is 9.84 Å². The largest absolute Gasteiger partial charge is 0.450 e. The maximum absolute atomic E-state index is 11.1. The van der Waals surface area contributed by atoms with Crippen molar-refractivity contribution in [1.82, 2.24) is 14.6 Å². The molecule has 0 aliphatic rings. The highest BCUT2D eigenvalue weighted by Gasteiger charge is 2.08. The van der Waals surface area contributed by atoms with Crippen molar-refractivity contribution < 1.29 is 14.6 Å². The van der Waals surface area contributed by atoms with Gasteiger partial charge in [-0.1, -0.05) is 0 Å². The number of nitrogens with zero attached hydrogens (tertiary/aromatic N) is 3. The van der Waals surface area contributed by atoms with E-state index in [1.165, 1.54) is 4.52 Å². The number of amides is 1. The summed E-state index contributed by atoms with van der Waals surface area (Å²) in [7, 11) is 0. The maximum Gasteiger partial charge on any atom is 0.414 e. The molecular weight excluding hydrogens is 224 g/mol. The Hall–Kier alpha value is -2.15. The summed E-state index contributed by atoms with van der Waals surface area (Å²) in [5.74, 6) is 0.165. The fourth-order valence-electron chi connectivity index (χ4n) is 1.33. The molecule has 0 saturated carbocycles. The third-order valence-corrected chi connectivity index (χ3v) is 2.07. The van der Waals surface area contributed by atoms with Crippen LogP contribution in [0.25, 0.3) is 5.65 Å². The molecule has 2 rings (SSSR count). The van der Waals surface area contributed by atoms with Gasteiger partial charge >= 0.3 is 6.09 Å². The zero-order valence-corrected chi connectivity index (χ0v) is 9.25. The van der Waals surface area contributed by atoms with Crippen LogP contribution in [-0.4, -0.2) is 32.4 Å². The van der Waals surface area contributed by atoms with Crippen LogP contribution in [0, 0.1) is 0 Å². The van der Waals surface area contributed by atoms with Crippen molar-refractivity contribution in [2.45, 2.75) is 13.5 Å². The molecule has 0 bridgehead atoms. The standard InChI is InChI=1S/C10H12N4O3/c1-2-17-10(16)12-9-11-8-5-7(6-15)3-4-14(8)13-9/h3-5,15H,2,6H2,1H3,(H,12,13,16). The van der Waals surface area contributed by atoms with Crippen LogP contribution in [0.2, 0.25) is 0 Å². The van der Waals surface area contributed by atoms with Gasteiger partial charge in [0.2, 0.25) is 0 Å². The number of anilines is 1. The van der Waals surface area contributed by atoms with Gasteiger partial charge in [0.25, 0.3) is 5.95 Å². The van der Waals surface area contributed by atoms with Crippen LogP contribution < -0.4 is 5.32 Å². The van der Waals surface area contributed by atoms with E-state index < -0.39 is 6.09 Å². The lowest BCUT2D eigenvalue weighted by molar-refractivity contribution is 0.167. The molecule has 2 N–H and O–H groups in total. The first-order valence-electron chi connectivity index (χ1n) is 5.13. The number of fused-ring (bicyclic) bond motifs is 1. The minimum absolute atomic E-state index is 0.0655. The number of carbonyl (C=O) groups is 1. The smallest absolute Gasteiger partial charge is 0.414 e. The predicted molar refractivity (Wildman–Crippen MR) is 59.6 cm³/mol. The average Bonchev–Trinajstić information content (AvgIpc) is 2.69. The number of aliphatic hydroxyl groups excluding tert-OH is 1. The number of carbonyl (C=O) groups excluding carboxylic acids is 1. The monoisotopic (exact) mass is 236 g/mol. The molecule has 7 heteroatoms. The fraction of sp³-hybridized carbons (Fsp3) is 0.300. The first-order chi connectivity index (χ1) is 8.22. The predicted octanol–water partition coefficient (Wildman–Crippen LogP) is 0.790. The molecule has 1 amide bonds. The molecular formula is C10H12N4O3. The molecule has 0 spiro atoms. The number of pyridine rings is 1. The second kappa shape index (κ2) is 4.79. The van der Waals surface area contributed by atoms with Gasteiger partial charge in [0.1, 0.15) is 0 Å². The SMILES string of the molecule is CCOC(=O)Nc1nc2cc(CO)ccn2n1. The minimum atomic E-state index is -0.592. The van der Waals surface area contributed by atoms with Crippen LogP contribution in [0.15, 0.2) is 18.3 Å². The molecule has 0 saturated heterocycles. The van der Waals surface area contributed by atoms with Crippen molar-refractivity contribution >= 4 is 17.7 Å². The van der Waals surface area contributed by atoms with Crippen LogP contribution in [0.3, 0.4) is 0 Å². The summed E-state index contributed by atoms with van der Waals surface area (Å²) in [6, 6.07) is 3.40. The molecule has 2 aromatic heterocycles. The van der Waals surface area contributed by atoms with Crippen molar-refractivity contribution in [2.75, 3.05) is 11.9 Å². The van der Waals surface area contributed by atoms with Crippen molar-refractivity contribution in [3.63, 3.8) is 0 Å². The topological polar surface area (TPSA) is 88.8 Å². The Balaban J connectivity index is 2.22. The lowest BCUT2D eigenvalue weighted by Crippen LogP contribution is -2.14. The Bertz CT molecular complexity index is 537.